The van der Waals surface area contributed by atoms with Crippen LogP contribution in [0.3, 0.4) is 0 Å². The highest BCUT2D eigenvalue weighted by Gasteiger charge is 2.05. The summed E-state index contributed by atoms with van der Waals surface area (Å²) in [4.78, 5) is 7.67. The lowest BCUT2D eigenvalue weighted by atomic mass is 10.4. The van der Waals surface area contributed by atoms with Crippen LogP contribution in [0.25, 0.3) is 11.1 Å². The number of aromatic nitrogens is 3. The highest BCUT2D eigenvalue weighted by Crippen LogP contribution is 2.15. The first-order valence-electron chi connectivity index (χ1n) is 3.02. The van der Waals surface area contributed by atoms with Crippen LogP contribution in [0.2, 0.25) is 5.28 Å². The Morgan fingerprint density at radius 2 is 2.36 bits per heavy atom. The minimum atomic E-state index is 0.212. The summed E-state index contributed by atoms with van der Waals surface area (Å²) >= 11 is 5.56. The van der Waals surface area contributed by atoms with Gasteiger partial charge in [0.15, 0.2) is 0 Å². The molecule has 0 spiro atoms. The minimum Gasteiger partial charge on any atom is -0.353 e. The Kier molecular flexibility index (Phi) is 1.29. The van der Waals surface area contributed by atoms with Gasteiger partial charge in [-0.15, -0.1) is 0 Å². The molecule has 0 atom stereocenters. The van der Waals surface area contributed by atoms with Crippen molar-refractivity contribution in [1.82, 2.24) is 15.1 Å². The molecule has 0 radical (unpaired) electrons. The van der Waals surface area contributed by atoms with Crippen molar-refractivity contribution in [2.75, 3.05) is 0 Å². The van der Waals surface area contributed by atoms with E-state index in [1.54, 1.807) is 6.92 Å². The van der Waals surface area contributed by atoms with Crippen molar-refractivity contribution in [2.45, 2.75) is 6.92 Å². The molecule has 0 aliphatic rings. The van der Waals surface area contributed by atoms with Crippen LogP contribution in [0.4, 0.5) is 0 Å². The van der Waals surface area contributed by atoms with Crippen LogP contribution >= 0.6 is 11.6 Å². The fourth-order valence-corrected chi connectivity index (χ4v) is 0.969. The number of hydrogen-bond acceptors (Lipinski definition) is 4. The number of halogens is 1. The molecule has 0 aliphatic heterocycles. The van der Waals surface area contributed by atoms with Gasteiger partial charge in [0.05, 0.1) is 6.20 Å². The van der Waals surface area contributed by atoms with Gasteiger partial charge in [-0.3, -0.25) is 0 Å². The van der Waals surface area contributed by atoms with Crippen molar-refractivity contribution >= 4 is 22.7 Å². The molecule has 56 valence electrons. The molecule has 2 aromatic rings. The largest absolute Gasteiger partial charge is 0.353 e. The van der Waals surface area contributed by atoms with Crippen LogP contribution in [0.1, 0.15) is 5.69 Å². The third-order valence-electron chi connectivity index (χ3n) is 1.35. The zero-order valence-corrected chi connectivity index (χ0v) is 6.46. The Morgan fingerprint density at radius 3 is 3.18 bits per heavy atom. The van der Waals surface area contributed by atoms with E-state index in [4.69, 9.17) is 16.1 Å². The zero-order chi connectivity index (χ0) is 7.84. The maximum absolute atomic E-state index is 5.56. The SMILES string of the molecule is Cc1noc2cnc(Cl)nc12. The second kappa shape index (κ2) is 2.17. The molecule has 11 heavy (non-hydrogen) atoms. The highest BCUT2D eigenvalue weighted by molar-refractivity contribution is 6.28. The molecule has 2 rings (SSSR count). The summed E-state index contributed by atoms with van der Waals surface area (Å²) in [6.45, 7) is 1.80. The third-order valence-corrected chi connectivity index (χ3v) is 1.53. The van der Waals surface area contributed by atoms with Crippen molar-refractivity contribution < 1.29 is 4.52 Å². The van der Waals surface area contributed by atoms with E-state index in [1.165, 1.54) is 6.20 Å². The van der Waals surface area contributed by atoms with Crippen LogP contribution in [-0.2, 0) is 0 Å². The summed E-state index contributed by atoms with van der Waals surface area (Å²) < 4.78 is 4.87. The van der Waals surface area contributed by atoms with Gasteiger partial charge in [-0.1, -0.05) is 5.16 Å². The van der Waals surface area contributed by atoms with E-state index in [0.717, 1.165) is 5.69 Å². The molecule has 4 nitrogen and oxygen atoms in total. The molecule has 0 aromatic carbocycles. The number of aryl methyl sites for hydroxylation is 1. The van der Waals surface area contributed by atoms with Crippen molar-refractivity contribution in [3.63, 3.8) is 0 Å². The highest BCUT2D eigenvalue weighted by atomic mass is 35.5. The quantitative estimate of drug-likeness (QED) is 0.562. The summed E-state index contributed by atoms with van der Waals surface area (Å²) in [5.41, 5.74) is 1.96. The number of hydrogen-bond donors (Lipinski definition) is 0. The van der Waals surface area contributed by atoms with Crippen LogP contribution in [-0.4, -0.2) is 15.1 Å². The molecule has 0 bridgehead atoms. The number of rotatable bonds is 0. The lowest BCUT2D eigenvalue weighted by molar-refractivity contribution is 0.449. The van der Waals surface area contributed by atoms with Gasteiger partial charge in [0.1, 0.15) is 11.2 Å². The van der Waals surface area contributed by atoms with E-state index >= 15 is 0 Å². The first-order chi connectivity index (χ1) is 5.27. The standard InChI is InChI=1S/C6H4ClN3O/c1-3-5-4(11-10-3)2-8-6(7)9-5/h2H,1H3. The second-order valence-corrected chi connectivity index (χ2v) is 2.46. The topological polar surface area (TPSA) is 51.8 Å². The van der Waals surface area contributed by atoms with E-state index in [2.05, 4.69) is 15.1 Å². The molecule has 0 N–H and O–H groups in total. The lowest BCUT2D eigenvalue weighted by Crippen LogP contribution is -1.81. The normalized spacial score (nSPS) is 10.7. The molecule has 0 aliphatic carbocycles. The van der Waals surface area contributed by atoms with Crippen LogP contribution in [0.15, 0.2) is 10.7 Å². The fraction of sp³-hybridized carbons (Fsp3) is 0.167. The Balaban J connectivity index is 2.87. The summed E-state index contributed by atoms with van der Waals surface area (Å²) in [6.07, 6.45) is 1.50. The molecule has 0 saturated heterocycles. The molecule has 0 amide bonds. The van der Waals surface area contributed by atoms with Gasteiger partial charge in [0, 0.05) is 0 Å². The molecule has 2 aromatic heterocycles. The Bertz CT molecular complexity index is 398. The molecule has 5 heteroatoms. The summed E-state index contributed by atoms with van der Waals surface area (Å²) in [6, 6.07) is 0. The first-order valence-corrected chi connectivity index (χ1v) is 3.39. The molecular weight excluding hydrogens is 166 g/mol. The number of fused-ring (bicyclic) bond motifs is 1. The molecule has 0 unspecified atom stereocenters. The fourth-order valence-electron chi connectivity index (χ4n) is 0.836. The maximum Gasteiger partial charge on any atom is 0.223 e. The van der Waals surface area contributed by atoms with Gasteiger partial charge in [-0.2, -0.15) is 0 Å². The minimum absolute atomic E-state index is 0.212. The van der Waals surface area contributed by atoms with Crippen LogP contribution < -0.4 is 0 Å². The van der Waals surface area contributed by atoms with Crippen molar-refractivity contribution in [3.05, 3.63) is 17.2 Å². The van der Waals surface area contributed by atoms with Gasteiger partial charge in [0.25, 0.3) is 0 Å². The average Bonchev–Trinajstić information content (AvgIpc) is 2.33. The van der Waals surface area contributed by atoms with E-state index in [9.17, 15) is 0 Å². The zero-order valence-electron chi connectivity index (χ0n) is 5.71. The first kappa shape index (κ1) is 6.54. The molecule has 0 saturated carbocycles. The lowest BCUT2D eigenvalue weighted by Gasteiger charge is -1.86. The second-order valence-electron chi connectivity index (χ2n) is 2.12. The van der Waals surface area contributed by atoms with Gasteiger partial charge in [-0.25, -0.2) is 9.97 Å². The third kappa shape index (κ3) is 0.952. The molecular formula is C6H4ClN3O. The predicted molar refractivity (Wildman–Crippen MR) is 39.3 cm³/mol. The van der Waals surface area contributed by atoms with Gasteiger partial charge < -0.3 is 4.52 Å². The predicted octanol–water partition coefficient (Wildman–Crippen LogP) is 1.58. The Morgan fingerprint density at radius 1 is 1.55 bits per heavy atom. The Labute approximate surface area is 67.2 Å². The van der Waals surface area contributed by atoms with Crippen molar-refractivity contribution in [3.8, 4) is 0 Å². The van der Waals surface area contributed by atoms with E-state index in [-0.39, 0.29) is 5.28 Å². The van der Waals surface area contributed by atoms with Crippen molar-refractivity contribution in [2.24, 2.45) is 0 Å². The monoisotopic (exact) mass is 169 g/mol. The van der Waals surface area contributed by atoms with Gasteiger partial charge in [-0.05, 0) is 18.5 Å². The van der Waals surface area contributed by atoms with Gasteiger partial charge >= 0.3 is 0 Å². The summed E-state index contributed by atoms with van der Waals surface area (Å²) in [5.74, 6) is 0. The average molecular weight is 170 g/mol. The van der Waals surface area contributed by atoms with Gasteiger partial charge in [0.2, 0.25) is 10.9 Å². The van der Waals surface area contributed by atoms with Crippen molar-refractivity contribution in [1.29, 1.82) is 0 Å². The van der Waals surface area contributed by atoms with E-state index < -0.39 is 0 Å². The molecule has 2 heterocycles. The number of nitrogens with zero attached hydrogens (tertiary/aromatic N) is 3. The van der Waals surface area contributed by atoms with E-state index in [1.807, 2.05) is 0 Å². The summed E-state index contributed by atoms with van der Waals surface area (Å²) in [5, 5.41) is 3.91. The van der Waals surface area contributed by atoms with E-state index in [0.29, 0.717) is 11.1 Å². The maximum atomic E-state index is 5.56. The molecule has 0 fully saturated rings. The van der Waals surface area contributed by atoms with Crippen LogP contribution in [0.5, 0.6) is 0 Å². The Hall–Kier alpha value is -1.16. The van der Waals surface area contributed by atoms with Crippen LogP contribution in [0, 0.1) is 6.92 Å². The smallest absolute Gasteiger partial charge is 0.223 e. The summed E-state index contributed by atoms with van der Waals surface area (Å²) in [7, 11) is 0.